The number of thioether (sulfide) groups is 1. The summed E-state index contributed by atoms with van der Waals surface area (Å²) in [5, 5.41) is 3.44. The lowest BCUT2D eigenvalue weighted by atomic mass is 10.2. The van der Waals surface area contributed by atoms with E-state index >= 15 is 0 Å². The second-order valence-corrected chi connectivity index (χ2v) is 4.66. The predicted molar refractivity (Wildman–Crippen MR) is 61.5 cm³/mol. The highest BCUT2D eigenvalue weighted by molar-refractivity contribution is 7.98. The van der Waals surface area contributed by atoms with Crippen LogP contribution in [0.3, 0.4) is 0 Å². The van der Waals surface area contributed by atoms with E-state index in [0.29, 0.717) is 0 Å². The molecular formula is C10H22N2S. The fourth-order valence-electron chi connectivity index (χ4n) is 1.92. The summed E-state index contributed by atoms with van der Waals surface area (Å²) in [5.41, 5.74) is 0. The van der Waals surface area contributed by atoms with Gasteiger partial charge in [-0.05, 0) is 32.2 Å². The summed E-state index contributed by atoms with van der Waals surface area (Å²) >= 11 is 1.95. The third kappa shape index (κ3) is 3.88. The number of nitrogens with one attached hydrogen (secondary N) is 1. The molecule has 0 aromatic heterocycles. The van der Waals surface area contributed by atoms with Crippen LogP contribution in [0.25, 0.3) is 0 Å². The van der Waals surface area contributed by atoms with Crippen LogP contribution in [0.15, 0.2) is 0 Å². The molecule has 1 aliphatic rings. The number of nitrogens with zero attached hydrogens (tertiary/aromatic N) is 1. The Labute approximate surface area is 86.5 Å². The Morgan fingerprint density at radius 2 is 2.31 bits per heavy atom. The zero-order valence-corrected chi connectivity index (χ0v) is 9.70. The van der Waals surface area contributed by atoms with Crippen LogP contribution in [-0.2, 0) is 0 Å². The van der Waals surface area contributed by atoms with Gasteiger partial charge in [0.1, 0.15) is 0 Å². The first-order chi connectivity index (χ1) is 6.38. The molecule has 1 rings (SSSR count). The first-order valence-corrected chi connectivity index (χ1v) is 6.71. The van der Waals surface area contributed by atoms with Gasteiger partial charge in [0.25, 0.3) is 0 Å². The summed E-state index contributed by atoms with van der Waals surface area (Å²) in [6.07, 6.45) is 4.82. The molecule has 3 heteroatoms. The zero-order chi connectivity index (χ0) is 9.52. The van der Waals surface area contributed by atoms with Gasteiger partial charge in [0.15, 0.2) is 0 Å². The van der Waals surface area contributed by atoms with Crippen molar-refractivity contribution in [3.8, 4) is 0 Å². The molecule has 0 spiro atoms. The van der Waals surface area contributed by atoms with Crippen molar-refractivity contribution in [3.63, 3.8) is 0 Å². The molecule has 0 aromatic rings. The highest BCUT2D eigenvalue weighted by atomic mass is 32.2. The van der Waals surface area contributed by atoms with Crippen molar-refractivity contribution < 1.29 is 0 Å². The van der Waals surface area contributed by atoms with Crippen LogP contribution >= 0.6 is 11.8 Å². The zero-order valence-electron chi connectivity index (χ0n) is 8.88. The molecule has 2 nitrogen and oxygen atoms in total. The minimum atomic E-state index is 0.812. The van der Waals surface area contributed by atoms with Crippen LogP contribution in [0.4, 0.5) is 0 Å². The Kier molecular flexibility index (Phi) is 5.83. The van der Waals surface area contributed by atoms with Gasteiger partial charge < -0.3 is 5.32 Å². The van der Waals surface area contributed by atoms with Gasteiger partial charge in [-0.2, -0.15) is 11.8 Å². The van der Waals surface area contributed by atoms with E-state index in [1.807, 2.05) is 11.8 Å². The van der Waals surface area contributed by atoms with Gasteiger partial charge in [0.05, 0.1) is 0 Å². The smallest absolute Gasteiger partial charge is 0.0233 e. The van der Waals surface area contributed by atoms with Gasteiger partial charge >= 0.3 is 0 Å². The van der Waals surface area contributed by atoms with Crippen LogP contribution in [0.2, 0.25) is 0 Å². The van der Waals surface area contributed by atoms with Gasteiger partial charge in [0, 0.05) is 24.9 Å². The van der Waals surface area contributed by atoms with Crippen LogP contribution in [0, 0.1) is 0 Å². The van der Waals surface area contributed by atoms with E-state index in [0.717, 1.165) is 6.04 Å². The van der Waals surface area contributed by atoms with Gasteiger partial charge in [-0.25, -0.2) is 0 Å². The highest BCUT2D eigenvalue weighted by Crippen LogP contribution is 2.09. The van der Waals surface area contributed by atoms with Crippen molar-refractivity contribution in [2.24, 2.45) is 0 Å². The van der Waals surface area contributed by atoms with Crippen LogP contribution in [0.1, 0.15) is 19.8 Å². The summed E-state index contributed by atoms with van der Waals surface area (Å²) < 4.78 is 0. The van der Waals surface area contributed by atoms with Crippen molar-refractivity contribution in [1.29, 1.82) is 0 Å². The minimum absolute atomic E-state index is 0.812. The maximum Gasteiger partial charge on any atom is 0.0233 e. The van der Waals surface area contributed by atoms with E-state index in [9.17, 15) is 0 Å². The first kappa shape index (κ1) is 11.3. The molecule has 1 N–H and O–H groups in total. The SMILES string of the molecule is CCCN(CCSC)C1CCNC1. The lowest BCUT2D eigenvalue weighted by Gasteiger charge is -2.27. The second-order valence-electron chi connectivity index (χ2n) is 3.68. The Morgan fingerprint density at radius 3 is 2.85 bits per heavy atom. The largest absolute Gasteiger partial charge is 0.315 e. The molecule has 0 saturated carbocycles. The molecule has 1 aliphatic heterocycles. The third-order valence-corrected chi connectivity index (χ3v) is 3.23. The van der Waals surface area contributed by atoms with Crippen molar-refractivity contribution in [1.82, 2.24) is 10.2 Å². The second kappa shape index (κ2) is 6.68. The first-order valence-electron chi connectivity index (χ1n) is 5.32. The van der Waals surface area contributed by atoms with E-state index in [4.69, 9.17) is 0 Å². The summed E-state index contributed by atoms with van der Waals surface area (Å²) in [6, 6.07) is 0.812. The van der Waals surface area contributed by atoms with E-state index in [1.165, 1.54) is 44.8 Å². The molecule has 0 radical (unpaired) electrons. The Bertz CT molecular complexity index is 124. The van der Waals surface area contributed by atoms with E-state index in [-0.39, 0.29) is 0 Å². The Hall–Kier alpha value is 0.270. The summed E-state index contributed by atoms with van der Waals surface area (Å²) in [4.78, 5) is 2.65. The normalized spacial score (nSPS) is 22.8. The molecule has 0 bridgehead atoms. The summed E-state index contributed by atoms with van der Waals surface area (Å²) in [6.45, 7) is 7.22. The molecule has 1 saturated heterocycles. The maximum atomic E-state index is 3.44. The Balaban J connectivity index is 2.26. The molecule has 1 fully saturated rings. The minimum Gasteiger partial charge on any atom is -0.315 e. The average molecular weight is 202 g/mol. The number of rotatable bonds is 6. The quantitative estimate of drug-likeness (QED) is 0.701. The van der Waals surface area contributed by atoms with Crippen molar-refractivity contribution in [2.45, 2.75) is 25.8 Å². The molecule has 0 aliphatic carbocycles. The lowest BCUT2D eigenvalue weighted by Crippen LogP contribution is -2.38. The van der Waals surface area contributed by atoms with E-state index in [1.54, 1.807) is 0 Å². The highest BCUT2D eigenvalue weighted by Gasteiger charge is 2.20. The fraction of sp³-hybridized carbons (Fsp3) is 1.00. The topological polar surface area (TPSA) is 15.3 Å². The van der Waals surface area contributed by atoms with Crippen molar-refractivity contribution in [2.75, 3.05) is 38.2 Å². The number of hydrogen-bond donors (Lipinski definition) is 1. The van der Waals surface area contributed by atoms with Crippen molar-refractivity contribution >= 4 is 11.8 Å². The average Bonchev–Trinajstić information content (AvgIpc) is 2.65. The third-order valence-electron chi connectivity index (χ3n) is 2.64. The lowest BCUT2D eigenvalue weighted by molar-refractivity contribution is 0.221. The van der Waals surface area contributed by atoms with Gasteiger partial charge in [-0.3, -0.25) is 4.90 Å². The van der Waals surface area contributed by atoms with Gasteiger partial charge in [-0.1, -0.05) is 6.92 Å². The van der Waals surface area contributed by atoms with E-state index < -0.39 is 0 Å². The summed E-state index contributed by atoms with van der Waals surface area (Å²) in [7, 11) is 0. The molecule has 78 valence electrons. The molecule has 13 heavy (non-hydrogen) atoms. The summed E-state index contributed by atoms with van der Waals surface area (Å²) in [5.74, 6) is 1.27. The van der Waals surface area contributed by atoms with Crippen LogP contribution in [-0.4, -0.2) is 49.1 Å². The fourth-order valence-corrected chi connectivity index (χ4v) is 2.34. The molecule has 1 atom stereocenters. The monoisotopic (exact) mass is 202 g/mol. The standard InChI is InChI=1S/C10H22N2S/c1-3-6-12(7-8-13-2)10-4-5-11-9-10/h10-11H,3-9H2,1-2H3. The van der Waals surface area contributed by atoms with Crippen LogP contribution in [0.5, 0.6) is 0 Å². The molecular weight excluding hydrogens is 180 g/mol. The van der Waals surface area contributed by atoms with Crippen molar-refractivity contribution in [3.05, 3.63) is 0 Å². The van der Waals surface area contributed by atoms with E-state index in [2.05, 4.69) is 23.4 Å². The molecule has 1 unspecified atom stereocenters. The molecule has 1 heterocycles. The van der Waals surface area contributed by atoms with Gasteiger partial charge in [-0.15, -0.1) is 0 Å². The Morgan fingerprint density at radius 1 is 1.46 bits per heavy atom. The molecule has 0 amide bonds. The maximum absolute atomic E-state index is 3.44. The van der Waals surface area contributed by atoms with Crippen LogP contribution < -0.4 is 5.32 Å². The number of hydrogen-bond acceptors (Lipinski definition) is 3. The predicted octanol–water partition coefficient (Wildman–Crippen LogP) is 1.42. The molecule has 0 aromatic carbocycles. The van der Waals surface area contributed by atoms with Gasteiger partial charge in [0.2, 0.25) is 0 Å².